The molecular weight excluding hydrogens is 418 g/mol. The van der Waals surface area contributed by atoms with Crippen LogP contribution in [0.4, 0.5) is 11.6 Å². The van der Waals surface area contributed by atoms with Crippen LogP contribution in [-0.2, 0) is 0 Å². The number of guanidine groups is 1. The van der Waals surface area contributed by atoms with E-state index in [0.717, 1.165) is 45.6 Å². The Kier molecular flexibility index (Phi) is 10.8. The van der Waals surface area contributed by atoms with Gasteiger partial charge in [0.2, 0.25) is 0 Å². The number of carbonyl (C=O) groups excluding carboxylic acids is 1. The summed E-state index contributed by atoms with van der Waals surface area (Å²) < 4.78 is 0. The Labute approximate surface area is 189 Å². The molecule has 0 bridgehead atoms. The molecular formula is C20H36ClN9O. The maximum atomic E-state index is 12.2. The quantitative estimate of drug-likeness (QED) is 0.192. The van der Waals surface area contributed by atoms with Crippen molar-refractivity contribution in [2.45, 2.75) is 45.4 Å². The summed E-state index contributed by atoms with van der Waals surface area (Å²) in [6.07, 6.45) is 7.23. The van der Waals surface area contributed by atoms with Crippen LogP contribution in [0.5, 0.6) is 0 Å². The molecule has 2 heterocycles. The number of nitrogens with two attached hydrogens (primary N) is 2. The van der Waals surface area contributed by atoms with E-state index in [4.69, 9.17) is 28.5 Å². The molecule has 0 spiro atoms. The number of piperazine rings is 1. The lowest BCUT2D eigenvalue weighted by Crippen LogP contribution is -2.46. The third-order valence-corrected chi connectivity index (χ3v) is 5.63. The molecule has 1 aliphatic heterocycles. The molecule has 1 fully saturated rings. The van der Waals surface area contributed by atoms with Crippen LogP contribution in [0.15, 0.2) is 0 Å². The van der Waals surface area contributed by atoms with E-state index in [1.165, 1.54) is 32.2 Å². The number of nitrogens with zero attached hydrogens (tertiary/aromatic N) is 4. The Morgan fingerprint density at radius 2 is 1.61 bits per heavy atom. The van der Waals surface area contributed by atoms with Crippen molar-refractivity contribution in [2.24, 2.45) is 0 Å². The van der Waals surface area contributed by atoms with Crippen LogP contribution in [0.2, 0.25) is 5.15 Å². The molecule has 0 atom stereocenters. The van der Waals surface area contributed by atoms with E-state index in [-0.39, 0.29) is 28.4 Å². The molecule has 0 radical (unpaired) electrons. The first-order valence-corrected chi connectivity index (χ1v) is 11.5. The number of rotatable bonds is 11. The van der Waals surface area contributed by atoms with Gasteiger partial charge in [-0.15, -0.1) is 0 Å². The van der Waals surface area contributed by atoms with Crippen LogP contribution in [0.3, 0.4) is 0 Å². The number of nitrogen functional groups attached to an aromatic ring is 2. The Balaban J connectivity index is 1.55. The number of hydrogen-bond donors (Lipinski definition) is 5. The summed E-state index contributed by atoms with van der Waals surface area (Å²) in [6, 6.07) is 0. The van der Waals surface area contributed by atoms with E-state index >= 15 is 0 Å². The highest BCUT2D eigenvalue weighted by Crippen LogP contribution is 2.17. The normalized spacial score (nSPS) is 15.0. The van der Waals surface area contributed by atoms with Gasteiger partial charge >= 0.3 is 0 Å². The van der Waals surface area contributed by atoms with Gasteiger partial charge in [0, 0.05) is 32.7 Å². The molecule has 2 rings (SSSR count). The maximum Gasteiger partial charge on any atom is 0.280 e. The molecule has 11 heteroatoms. The van der Waals surface area contributed by atoms with Gasteiger partial charge in [-0.05, 0) is 32.4 Å². The van der Waals surface area contributed by atoms with Crippen LogP contribution in [0.25, 0.3) is 0 Å². The topological polar surface area (TPSA) is 149 Å². The van der Waals surface area contributed by atoms with Gasteiger partial charge in [0.05, 0.1) is 0 Å². The second-order valence-electron chi connectivity index (χ2n) is 7.84. The molecule has 7 N–H and O–H groups in total. The highest BCUT2D eigenvalue weighted by molar-refractivity contribution is 6.31. The largest absolute Gasteiger partial charge is 0.382 e. The highest BCUT2D eigenvalue weighted by atomic mass is 35.5. The standard InChI is InChI=1S/C20H36ClN9O/c1-2-3-4-6-9-29-11-13-30(14-12-29)10-7-5-8-25-20(24)28-19(31)15-17(22)27-18(23)16(21)26-15/h2-14H2,1H3,(H4,22,23,27)(H3,24,25,28,31). The molecule has 0 aliphatic carbocycles. The number of nitrogens with one attached hydrogen (secondary N) is 3. The lowest BCUT2D eigenvalue weighted by Gasteiger charge is -2.34. The minimum Gasteiger partial charge on any atom is -0.382 e. The summed E-state index contributed by atoms with van der Waals surface area (Å²) in [5.74, 6) is -0.946. The number of halogens is 1. The fourth-order valence-electron chi connectivity index (χ4n) is 3.50. The molecule has 0 unspecified atom stereocenters. The summed E-state index contributed by atoms with van der Waals surface area (Å²) in [4.78, 5) is 24.8. The van der Waals surface area contributed by atoms with Crippen molar-refractivity contribution in [1.82, 2.24) is 30.4 Å². The van der Waals surface area contributed by atoms with E-state index in [1.54, 1.807) is 0 Å². The van der Waals surface area contributed by atoms with Crippen LogP contribution in [-0.4, -0.2) is 77.4 Å². The molecule has 1 amide bonds. The smallest absolute Gasteiger partial charge is 0.280 e. The molecule has 1 aliphatic rings. The minimum absolute atomic E-state index is 0.0442. The fraction of sp³-hybridized carbons (Fsp3) is 0.700. The first-order chi connectivity index (χ1) is 14.9. The van der Waals surface area contributed by atoms with Gasteiger partial charge in [-0.25, -0.2) is 9.97 Å². The van der Waals surface area contributed by atoms with E-state index in [9.17, 15) is 4.79 Å². The first kappa shape index (κ1) is 25.1. The zero-order valence-electron chi connectivity index (χ0n) is 18.4. The molecule has 0 aromatic carbocycles. The van der Waals surface area contributed by atoms with Crippen molar-refractivity contribution in [3.05, 3.63) is 10.8 Å². The Morgan fingerprint density at radius 1 is 1.00 bits per heavy atom. The third-order valence-electron chi connectivity index (χ3n) is 5.35. The van der Waals surface area contributed by atoms with E-state index in [1.807, 2.05) is 0 Å². The molecule has 31 heavy (non-hydrogen) atoms. The van der Waals surface area contributed by atoms with Crippen LogP contribution < -0.4 is 22.1 Å². The van der Waals surface area contributed by atoms with Crippen molar-refractivity contribution < 1.29 is 4.79 Å². The van der Waals surface area contributed by atoms with Crippen molar-refractivity contribution in [3.63, 3.8) is 0 Å². The molecule has 0 saturated carbocycles. The number of hydrogen-bond acceptors (Lipinski definition) is 8. The third kappa shape index (κ3) is 8.84. The number of unbranched alkanes of at least 4 members (excludes halogenated alkanes) is 4. The predicted molar refractivity (Wildman–Crippen MR) is 125 cm³/mol. The van der Waals surface area contributed by atoms with E-state index in [2.05, 4.69) is 37.3 Å². The summed E-state index contributed by atoms with van der Waals surface area (Å²) in [6.45, 7) is 9.69. The second-order valence-corrected chi connectivity index (χ2v) is 8.20. The SMILES string of the molecule is CCCCCCN1CCN(CCCCNC(=N)NC(=O)c2nc(Cl)c(N)nc2N)CC1. The molecule has 1 aromatic rings. The van der Waals surface area contributed by atoms with Crippen LogP contribution in [0, 0.1) is 5.41 Å². The monoisotopic (exact) mass is 453 g/mol. The zero-order valence-corrected chi connectivity index (χ0v) is 19.2. The van der Waals surface area contributed by atoms with Gasteiger partial charge in [0.1, 0.15) is 0 Å². The van der Waals surface area contributed by atoms with Gasteiger partial charge in [-0.1, -0.05) is 37.8 Å². The molecule has 1 saturated heterocycles. The summed E-state index contributed by atoms with van der Waals surface area (Å²) in [5.41, 5.74) is 11.0. The molecule has 174 valence electrons. The Morgan fingerprint density at radius 3 is 2.23 bits per heavy atom. The van der Waals surface area contributed by atoms with Gasteiger partial charge in [0.15, 0.2) is 28.4 Å². The predicted octanol–water partition coefficient (Wildman–Crippen LogP) is 1.53. The van der Waals surface area contributed by atoms with Crippen molar-refractivity contribution >= 4 is 35.1 Å². The van der Waals surface area contributed by atoms with E-state index < -0.39 is 5.91 Å². The highest BCUT2D eigenvalue weighted by Gasteiger charge is 2.17. The fourth-order valence-corrected chi connectivity index (χ4v) is 3.62. The average Bonchev–Trinajstić information content (AvgIpc) is 2.74. The second kappa shape index (κ2) is 13.3. The lowest BCUT2D eigenvalue weighted by atomic mass is 10.2. The van der Waals surface area contributed by atoms with Gasteiger partial charge < -0.3 is 26.6 Å². The van der Waals surface area contributed by atoms with Crippen LogP contribution >= 0.6 is 11.6 Å². The summed E-state index contributed by atoms with van der Waals surface area (Å²) in [7, 11) is 0. The van der Waals surface area contributed by atoms with Crippen molar-refractivity contribution in [2.75, 3.05) is 57.3 Å². The van der Waals surface area contributed by atoms with Crippen LogP contribution in [0.1, 0.15) is 55.9 Å². The first-order valence-electron chi connectivity index (χ1n) is 11.1. The number of anilines is 2. The van der Waals surface area contributed by atoms with Gasteiger partial charge in [0.25, 0.3) is 5.91 Å². The molecule has 1 aromatic heterocycles. The lowest BCUT2D eigenvalue weighted by molar-refractivity contribution is 0.0971. The van der Waals surface area contributed by atoms with Gasteiger partial charge in [-0.2, -0.15) is 0 Å². The number of carbonyl (C=O) groups is 1. The molecule has 10 nitrogen and oxygen atoms in total. The van der Waals surface area contributed by atoms with Gasteiger partial charge in [-0.3, -0.25) is 15.5 Å². The average molecular weight is 454 g/mol. The minimum atomic E-state index is -0.656. The maximum absolute atomic E-state index is 12.2. The number of aromatic nitrogens is 2. The van der Waals surface area contributed by atoms with Crippen molar-refractivity contribution in [1.29, 1.82) is 5.41 Å². The Bertz CT molecular complexity index is 723. The summed E-state index contributed by atoms with van der Waals surface area (Å²) >= 11 is 5.78. The van der Waals surface area contributed by atoms with Crippen molar-refractivity contribution in [3.8, 4) is 0 Å². The Hall–Kier alpha value is -2.17. The summed E-state index contributed by atoms with van der Waals surface area (Å²) in [5, 5.41) is 13.0. The zero-order chi connectivity index (χ0) is 22.6. The van der Waals surface area contributed by atoms with E-state index in [0.29, 0.717) is 6.54 Å². The number of amides is 1.